The number of hydrogen-bond donors (Lipinski definition) is 0. The lowest BCUT2D eigenvalue weighted by Crippen LogP contribution is -3.00. The van der Waals surface area contributed by atoms with E-state index in [4.69, 9.17) is 11.6 Å². The Hall–Kier alpha value is -8.14. The molecule has 0 aliphatic heterocycles. The van der Waals surface area contributed by atoms with Crippen molar-refractivity contribution in [1.82, 2.24) is 18.3 Å². The van der Waals surface area contributed by atoms with Crippen molar-refractivity contribution in [2.45, 2.75) is 14.4 Å². The monoisotopic (exact) mass is 1870 g/mol. The fraction of sp³-hybridized carbons (Fsp3) is 0.122. The molecule has 8 aromatic heterocycles. The molecule has 0 bridgehead atoms. The molecule has 0 atom stereocenters. The van der Waals surface area contributed by atoms with Gasteiger partial charge in [-0.3, -0.25) is 19.2 Å². The largest absolute Gasteiger partial charge is 1.00 e. The van der Waals surface area contributed by atoms with E-state index in [2.05, 4.69) is 84.2 Å². The van der Waals surface area contributed by atoms with Crippen LogP contribution in [-0.2, 0) is 56.4 Å². The molecule has 19 heteroatoms. The number of carbonyl (C=O) groups is 4. The van der Waals surface area contributed by atoms with E-state index in [1.165, 1.54) is 17.5 Å². The fourth-order valence-electron chi connectivity index (χ4n) is 13.5. The lowest BCUT2D eigenvalue weighted by molar-refractivity contribution is -0.672. The molecule has 0 saturated heterocycles. The number of para-hydroxylation sites is 4. The smallest absolute Gasteiger partial charge is 0.278 e. The molecule has 512 valence electrons. The van der Waals surface area contributed by atoms with Crippen molar-refractivity contribution in [3.05, 3.63) is 309 Å². The number of fused-ring (bicyclic) bond motifs is 12. The van der Waals surface area contributed by atoms with Crippen molar-refractivity contribution in [2.75, 3.05) is 0 Å². The lowest BCUT2D eigenvalue weighted by Gasteiger charge is -2.05. The lowest BCUT2D eigenvalue weighted by atomic mass is 10.0. The number of aryl methyl sites for hydroxylation is 9. The Balaban J connectivity index is 0.000000168. The number of nitrogens with zero attached hydrogens (tertiary/aromatic N) is 8. The highest BCUT2D eigenvalue weighted by molar-refractivity contribution is 9.10. The molecule has 0 N–H and O–H groups in total. The number of hydrogen-bond acceptors (Lipinski definition) is 4. The van der Waals surface area contributed by atoms with Crippen molar-refractivity contribution >= 4 is 138 Å². The van der Waals surface area contributed by atoms with E-state index in [1.807, 2.05) is 234 Å². The van der Waals surface area contributed by atoms with Crippen LogP contribution in [0.2, 0.25) is 5.02 Å². The first-order valence-corrected chi connectivity index (χ1v) is 32.4. The summed E-state index contributed by atoms with van der Waals surface area (Å²) in [6.07, 6.45) is 7.71. The van der Waals surface area contributed by atoms with Crippen molar-refractivity contribution in [3.8, 4) is 0 Å². The van der Waals surface area contributed by atoms with Gasteiger partial charge in [-0.25, -0.2) is 4.39 Å². The van der Waals surface area contributed by atoms with Gasteiger partial charge < -0.3 is 114 Å². The molecule has 8 heterocycles. The van der Waals surface area contributed by atoms with E-state index >= 15 is 0 Å². The van der Waals surface area contributed by atoms with Gasteiger partial charge in [0, 0.05) is 139 Å². The maximum Gasteiger partial charge on any atom is 0.278 e. The van der Waals surface area contributed by atoms with Crippen LogP contribution >= 0.6 is 27.5 Å². The van der Waals surface area contributed by atoms with E-state index in [0.717, 1.165) is 97.6 Å². The molecule has 0 unspecified atom stereocenters. The van der Waals surface area contributed by atoms with Crippen LogP contribution in [-0.4, -0.2) is 41.4 Å². The van der Waals surface area contributed by atoms with Crippen LogP contribution < -0.4 is 114 Å². The predicted molar refractivity (Wildman–Crippen MR) is 390 cm³/mol. The van der Waals surface area contributed by atoms with Gasteiger partial charge in [0.05, 0.1) is 10.6 Å². The predicted octanol–water partition coefficient (Wildman–Crippen LogP) is 4.06. The summed E-state index contributed by atoms with van der Waals surface area (Å²) in [7, 11) is 15.5. The van der Waals surface area contributed by atoms with E-state index in [-0.39, 0.29) is 132 Å². The van der Waals surface area contributed by atoms with Gasteiger partial charge in [-0.1, -0.05) is 174 Å². The average molecular weight is 1870 g/mol. The van der Waals surface area contributed by atoms with Gasteiger partial charge in [-0.2, -0.15) is 18.3 Å². The summed E-state index contributed by atoms with van der Waals surface area (Å²) in [6, 6.07) is 69.5. The van der Waals surface area contributed by atoms with Crippen LogP contribution in [0.3, 0.4) is 0 Å². The van der Waals surface area contributed by atoms with E-state index in [9.17, 15) is 23.6 Å². The zero-order valence-electron chi connectivity index (χ0n) is 56.0. The highest BCUT2D eigenvalue weighted by Gasteiger charge is 2.32. The highest BCUT2D eigenvalue weighted by atomic mass is 127. The Kier molecular flexibility index (Phi) is 25.6. The zero-order chi connectivity index (χ0) is 67.4. The minimum atomic E-state index is -0.502. The Morgan fingerprint density at radius 3 is 0.970 bits per heavy atom. The van der Waals surface area contributed by atoms with Gasteiger partial charge in [-0.05, 0) is 67.6 Å². The third-order valence-electron chi connectivity index (χ3n) is 18.3. The summed E-state index contributed by atoms with van der Waals surface area (Å²) in [6.45, 7) is 2.03. The van der Waals surface area contributed by atoms with E-state index in [0.29, 0.717) is 38.8 Å². The van der Waals surface area contributed by atoms with Crippen LogP contribution in [0.15, 0.2) is 248 Å². The first-order valence-electron chi connectivity index (χ1n) is 31.3. The molecule has 16 rings (SSSR count). The maximum atomic E-state index is 14.1. The molecule has 16 aromatic rings. The zero-order valence-corrected chi connectivity index (χ0v) is 66.9. The van der Waals surface area contributed by atoms with Crippen molar-refractivity contribution in [3.63, 3.8) is 0 Å². The summed E-state index contributed by atoms with van der Waals surface area (Å²) in [5.74, 6) is -0.819. The first kappa shape index (κ1) is 78.6. The van der Waals surface area contributed by atoms with Gasteiger partial charge in [0.15, 0.2) is 24.8 Å². The summed E-state index contributed by atoms with van der Waals surface area (Å²) >= 11 is 9.75. The van der Waals surface area contributed by atoms with Gasteiger partial charge in [0.1, 0.15) is 56.1 Å². The standard InChI is InChI=1S/C21H19N2O.C20H16BrN2O.C20H16ClN2O.C20H16FN2O.CH4.4HI/c1-14-8-10-15(11-9-14)21(24)20-19-17(12-13-22(20)2)16-6-4-5-7-18(16)23(19)3;3*1-22-12-11-14-13-7-4-6-10-17(13)23(2)18(14)19(22)20(24)15-8-3-5-9-16(15)21;;;;;/h4-13H,1-3H3;3*3-12H,1-2H3;1H4;4*1H/q4*+1;;;;;/p-4. The third-order valence-corrected chi connectivity index (χ3v) is 19.3. The minimum absolute atomic E-state index is 0. The molecule has 0 radical (unpaired) electrons. The van der Waals surface area contributed by atoms with Crippen LogP contribution in [0.5, 0.6) is 0 Å². The number of aromatic nitrogens is 8. The molecule has 0 amide bonds. The quantitative estimate of drug-likeness (QED) is 0.130. The summed E-state index contributed by atoms with van der Waals surface area (Å²) in [5.41, 5.74) is 13.8. The molecular formula is C82H71BrClFI4N8O4. The highest BCUT2D eigenvalue weighted by Crippen LogP contribution is 2.35. The maximum absolute atomic E-state index is 14.1. The summed E-state index contributed by atoms with van der Waals surface area (Å²) in [5, 5.41) is 9.31. The minimum Gasteiger partial charge on any atom is -1.00 e. The summed E-state index contributed by atoms with van der Waals surface area (Å²) < 4.78 is 30.7. The molecule has 0 aliphatic carbocycles. The van der Waals surface area contributed by atoms with Crippen molar-refractivity contribution in [2.24, 2.45) is 56.4 Å². The van der Waals surface area contributed by atoms with E-state index < -0.39 is 5.82 Å². The number of pyridine rings is 4. The number of halogens is 7. The molecule has 0 saturated carbocycles. The van der Waals surface area contributed by atoms with Gasteiger partial charge in [0.25, 0.3) is 45.9 Å². The summed E-state index contributed by atoms with van der Waals surface area (Å²) in [4.78, 5) is 52.7. The Morgan fingerprint density at radius 1 is 0.347 bits per heavy atom. The van der Waals surface area contributed by atoms with E-state index in [1.54, 1.807) is 28.8 Å². The second-order valence-electron chi connectivity index (χ2n) is 24.1. The van der Waals surface area contributed by atoms with Gasteiger partial charge in [-0.15, -0.1) is 0 Å². The number of ketones is 4. The topological polar surface area (TPSA) is 104 Å². The third kappa shape index (κ3) is 14.4. The molecule has 0 fully saturated rings. The first-order chi connectivity index (χ1) is 46.4. The average Bonchev–Trinajstić information content (AvgIpc) is 1.63. The van der Waals surface area contributed by atoms with Crippen molar-refractivity contribution < 1.29 is 138 Å². The second-order valence-corrected chi connectivity index (χ2v) is 25.3. The fourth-order valence-corrected chi connectivity index (χ4v) is 14.1. The van der Waals surface area contributed by atoms with Crippen LogP contribution in [0.25, 0.3) is 87.2 Å². The Labute approximate surface area is 666 Å². The van der Waals surface area contributed by atoms with Crippen molar-refractivity contribution in [1.29, 1.82) is 0 Å². The Bertz CT molecular complexity index is 5460. The second kappa shape index (κ2) is 32.9. The van der Waals surface area contributed by atoms with Gasteiger partial charge in [0.2, 0.25) is 0 Å². The molecule has 8 aromatic carbocycles. The number of rotatable bonds is 8. The SMILES string of the molecule is C.Cc1ccc(C(=O)c2c3c(cc[n+]2C)c2ccccc2n3C)cc1.Cn1c2ccccc2c2cc[n+](C)c(C(=O)c3ccccc3Br)c21.Cn1c2ccccc2c2cc[n+](C)c(C(=O)c3ccccc3Cl)c21.Cn1c2ccccc2c2cc[n+](C)c(C(=O)c3ccccc3F)c21.[I-].[I-].[I-].[I-]. The molecule has 0 spiro atoms. The molecule has 12 nitrogen and oxygen atoms in total. The van der Waals surface area contributed by atoms with Crippen LogP contribution in [0.4, 0.5) is 4.39 Å². The normalized spacial score (nSPS) is 10.7. The number of benzene rings is 8. The molecule has 0 aliphatic rings. The van der Waals surface area contributed by atoms with Crippen LogP contribution in [0, 0.1) is 12.7 Å². The van der Waals surface area contributed by atoms with Crippen LogP contribution in [0.1, 0.15) is 77.2 Å². The Morgan fingerprint density at radius 2 is 0.624 bits per heavy atom. The molecule has 101 heavy (non-hydrogen) atoms. The number of carbonyl (C=O) groups excluding carboxylic acids is 4. The van der Waals surface area contributed by atoms with Gasteiger partial charge >= 0.3 is 0 Å². The molecular weight excluding hydrogens is 1800 g/mol.